The highest BCUT2D eigenvalue weighted by Gasteiger charge is 2.25. The van der Waals surface area contributed by atoms with Gasteiger partial charge in [0.05, 0.1) is 11.6 Å². The molecule has 0 amide bonds. The van der Waals surface area contributed by atoms with Gasteiger partial charge < -0.3 is 0 Å². The van der Waals surface area contributed by atoms with Crippen LogP contribution in [0.5, 0.6) is 0 Å². The van der Waals surface area contributed by atoms with Gasteiger partial charge in [0.25, 0.3) is 0 Å². The van der Waals surface area contributed by atoms with Crippen LogP contribution < -0.4 is 0 Å². The molecule has 1 aromatic carbocycles. The van der Waals surface area contributed by atoms with Crippen LogP contribution in [0.25, 0.3) is 0 Å². The molecule has 0 bridgehead atoms. The Morgan fingerprint density at radius 3 is 2.53 bits per heavy atom. The molecule has 3 rings (SSSR count). The molecule has 1 saturated carbocycles. The Balaban J connectivity index is 2.11. The van der Waals surface area contributed by atoms with E-state index in [2.05, 4.69) is 18.2 Å². The molecule has 0 saturated heterocycles. The lowest BCUT2D eigenvalue weighted by Gasteiger charge is -2.23. The van der Waals surface area contributed by atoms with Crippen molar-refractivity contribution in [2.24, 2.45) is 0 Å². The SMILES string of the molecule is N#Cc1ccc2c(c1C1CCCC1)CCCC2. The van der Waals surface area contributed by atoms with E-state index in [1.54, 1.807) is 5.56 Å². The number of hydrogen-bond donors (Lipinski definition) is 0. The fourth-order valence-corrected chi connectivity index (χ4v) is 3.63. The maximum atomic E-state index is 9.33. The van der Waals surface area contributed by atoms with Crippen molar-refractivity contribution in [1.82, 2.24) is 0 Å². The number of benzene rings is 1. The first kappa shape index (κ1) is 10.8. The van der Waals surface area contributed by atoms with Crippen LogP contribution in [0.1, 0.15) is 66.7 Å². The number of aryl methyl sites for hydroxylation is 1. The first-order valence-corrected chi connectivity index (χ1v) is 6.95. The van der Waals surface area contributed by atoms with Crippen molar-refractivity contribution in [3.63, 3.8) is 0 Å². The molecule has 1 aromatic rings. The lowest BCUT2D eigenvalue weighted by Crippen LogP contribution is -2.10. The number of nitrogens with zero attached hydrogens (tertiary/aromatic N) is 1. The van der Waals surface area contributed by atoms with Crippen molar-refractivity contribution in [3.8, 4) is 6.07 Å². The summed E-state index contributed by atoms with van der Waals surface area (Å²) in [5.41, 5.74) is 5.46. The van der Waals surface area contributed by atoms with Crippen molar-refractivity contribution in [1.29, 1.82) is 5.26 Å². The predicted molar refractivity (Wildman–Crippen MR) is 69.0 cm³/mol. The molecule has 0 unspecified atom stereocenters. The van der Waals surface area contributed by atoms with E-state index < -0.39 is 0 Å². The van der Waals surface area contributed by atoms with Crippen molar-refractivity contribution in [2.45, 2.75) is 57.3 Å². The Morgan fingerprint density at radius 1 is 1.00 bits per heavy atom. The van der Waals surface area contributed by atoms with E-state index in [9.17, 15) is 5.26 Å². The van der Waals surface area contributed by atoms with E-state index in [0.717, 1.165) is 5.56 Å². The Bertz CT molecular complexity index is 461. The van der Waals surface area contributed by atoms with Gasteiger partial charge in [-0.3, -0.25) is 0 Å². The van der Waals surface area contributed by atoms with Gasteiger partial charge in [0.15, 0.2) is 0 Å². The number of fused-ring (bicyclic) bond motifs is 1. The average Bonchev–Trinajstić information content (AvgIpc) is 2.91. The van der Waals surface area contributed by atoms with Crippen LogP contribution in [0.2, 0.25) is 0 Å². The molecule has 0 spiro atoms. The zero-order valence-corrected chi connectivity index (χ0v) is 10.3. The summed E-state index contributed by atoms with van der Waals surface area (Å²) in [6.45, 7) is 0. The molecule has 2 aliphatic carbocycles. The van der Waals surface area contributed by atoms with Gasteiger partial charge in [-0.15, -0.1) is 0 Å². The zero-order chi connectivity index (χ0) is 11.7. The minimum atomic E-state index is 0.678. The minimum absolute atomic E-state index is 0.678. The maximum absolute atomic E-state index is 9.33. The van der Waals surface area contributed by atoms with E-state index >= 15 is 0 Å². The Kier molecular flexibility index (Phi) is 2.89. The molecular weight excluding hydrogens is 206 g/mol. The van der Waals surface area contributed by atoms with Crippen LogP contribution >= 0.6 is 0 Å². The van der Waals surface area contributed by atoms with Crippen LogP contribution in [-0.4, -0.2) is 0 Å². The molecule has 0 heterocycles. The molecule has 0 N–H and O–H groups in total. The third kappa shape index (κ3) is 1.86. The summed E-state index contributed by atoms with van der Waals surface area (Å²) in [6.07, 6.45) is 10.3. The second-order valence-corrected chi connectivity index (χ2v) is 5.46. The number of rotatable bonds is 1. The van der Waals surface area contributed by atoms with Crippen molar-refractivity contribution in [3.05, 3.63) is 34.4 Å². The molecule has 88 valence electrons. The van der Waals surface area contributed by atoms with E-state index in [1.807, 2.05) is 0 Å². The highest BCUT2D eigenvalue weighted by atomic mass is 14.3. The third-order valence-corrected chi connectivity index (χ3v) is 4.46. The number of nitriles is 1. The minimum Gasteiger partial charge on any atom is -0.192 e. The van der Waals surface area contributed by atoms with Crippen LogP contribution in [0.15, 0.2) is 12.1 Å². The first-order valence-electron chi connectivity index (χ1n) is 6.95. The summed E-state index contributed by atoms with van der Waals surface area (Å²) < 4.78 is 0. The highest BCUT2D eigenvalue weighted by molar-refractivity contribution is 5.50. The molecule has 1 fully saturated rings. The Labute approximate surface area is 103 Å². The summed E-state index contributed by atoms with van der Waals surface area (Å²) >= 11 is 0. The quantitative estimate of drug-likeness (QED) is 0.706. The van der Waals surface area contributed by atoms with E-state index in [1.165, 1.54) is 62.5 Å². The van der Waals surface area contributed by atoms with Crippen LogP contribution in [0.3, 0.4) is 0 Å². The Hall–Kier alpha value is -1.29. The molecule has 2 aliphatic rings. The summed E-state index contributed by atoms with van der Waals surface area (Å²) in [6, 6.07) is 6.69. The second-order valence-electron chi connectivity index (χ2n) is 5.46. The van der Waals surface area contributed by atoms with Gasteiger partial charge in [-0.25, -0.2) is 0 Å². The van der Waals surface area contributed by atoms with Crippen LogP contribution in [0.4, 0.5) is 0 Å². The summed E-state index contributed by atoms with van der Waals surface area (Å²) in [5.74, 6) is 0.678. The van der Waals surface area contributed by atoms with Crippen molar-refractivity contribution >= 4 is 0 Å². The van der Waals surface area contributed by atoms with Gasteiger partial charge in [-0.1, -0.05) is 18.9 Å². The fraction of sp³-hybridized carbons (Fsp3) is 0.562. The molecule has 0 radical (unpaired) electrons. The normalized spacial score (nSPS) is 19.9. The Morgan fingerprint density at radius 2 is 1.76 bits per heavy atom. The first-order chi connectivity index (χ1) is 8.40. The molecule has 1 nitrogen and oxygen atoms in total. The van der Waals surface area contributed by atoms with Gasteiger partial charge in [-0.05, 0) is 67.2 Å². The largest absolute Gasteiger partial charge is 0.192 e. The maximum Gasteiger partial charge on any atom is 0.0994 e. The smallest absolute Gasteiger partial charge is 0.0994 e. The molecule has 0 aromatic heterocycles. The van der Waals surface area contributed by atoms with Gasteiger partial charge in [0.2, 0.25) is 0 Å². The van der Waals surface area contributed by atoms with E-state index in [0.29, 0.717) is 5.92 Å². The van der Waals surface area contributed by atoms with E-state index in [-0.39, 0.29) is 0 Å². The summed E-state index contributed by atoms with van der Waals surface area (Å²) in [7, 11) is 0. The lowest BCUT2D eigenvalue weighted by atomic mass is 9.81. The second kappa shape index (κ2) is 4.53. The van der Waals surface area contributed by atoms with Crippen molar-refractivity contribution < 1.29 is 0 Å². The standard InChI is InChI=1S/C16H19N/c17-11-14-10-9-12-5-3-4-8-15(12)16(14)13-6-1-2-7-13/h9-10,13H,1-8H2. The zero-order valence-electron chi connectivity index (χ0n) is 10.3. The number of hydrogen-bond acceptors (Lipinski definition) is 1. The van der Waals surface area contributed by atoms with Crippen molar-refractivity contribution in [2.75, 3.05) is 0 Å². The van der Waals surface area contributed by atoms with Gasteiger partial charge in [-0.2, -0.15) is 5.26 Å². The molecular formula is C16H19N. The summed E-state index contributed by atoms with van der Waals surface area (Å²) in [5, 5.41) is 9.33. The van der Waals surface area contributed by atoms with Gasteiger partial charge in [0, 0.05) is 0 Å². The fourth-order valence-electron chi connectivity index (χ4n) is 3.63. The van der Waals surface area contributed by atoms with E-state index in [4.69, 9.17) is 0 Å². The predicted octanol–water partition coefficient (Wildman–Crippen LogP) is 4.09. The van der Waals surface area contributed by atoms with Gasteiger partial charge >= 0.3 is 0 Å². The monoisotopic (exact) mass is 225 g/mol. The molecule has 0 atom stereocenters. The molecule has 1 heteroatoms. The topological polar surface area (TPSA) is 23.8 Å². The average molecular weight is 225 g/mol. The third-order valence-electron chi connectivity index (χ3n) is 4.46. The molecule has 17 heavy (non-hydrogen) atoms. The van der Waals surface area contributed by atoms with Crippen LogP contribution in [0, 0.1) is 11.3 Å². The highest BCUT2D eigenvalue weighted by Crippen LogP contribution is 2.40. The van der Waals surface area contributed by atoms with Gasteiger partial charge in [0.1, 0.15) is 0 Å². The molecule has 0 aliphatic heterocycles. The lowest BCUT2D eigenvalue weighted by molar-refractivity contribution is 0.649. The van der Waals surface area contributed by atoms with Crippen LogP contribution in [-0.2, 0) is 12.8 Å². The summed E-state index contributed by atoms with van der Waals surface area (Å²) in [4.78, 5) is 0.